The summed E-state index contributed by atoms with van der Waals surface area (Å²) in [5.41, 5.74) is 4.63. The fraction of sp³-hybridized carbons (Fsp3) is 0.0833. The van der Waals surface area contributed by atoms with Crippen LogP contribution in [0.15, 0.2) is 77.2 Å². The van der Waals surface area contributed by atoms with Crippen LogP contribution in [0.25, 0.3) is 22.1 Å². The second-order valence-electron chi connectivity index (χ2n) is 6.69. The van der Waals surface area contributed by atoms with E-state index in [2.05, 4.69) is 5.32 Å². The molecule has 1 heterocycles. The SMILES string of the molecule is CC(=O)c1cccc2oc(C(=O)Nc3ccc(-c4ccccc4)cc3)c(C)c12. The van der Waals surface area contributed by atoms with Crippen LogP contribution in [-0.2, 0) is 0 Å². The van der Waals surface area contributed by atoms with Gasteiger partial charge in [-0.05, 0) is 43.2 Å². The van der Waals surface area contributed by atoms with E-state index in [9.17, 15) is 9.59 Å². The first-order valence-electron chi connectivity index (χ1n) is 9.04. The maximum atomic E-state index is 12.8. The Kier molecular flexibility index (Phi) is 4.53. The summed E-state index contributed by atoms with van der Waals surface area (Å²) in [7, 11) is 0. The minimum absolute atomic E-state index is 0.0574. The summed E-state index contributed by atoms with van der Waals surface area (Å²) >= 11 is 0. The molecule has 1 aromatic heterocycles. The predicted molar refractivity (Wildman–Crippen MR) is 111 cm³/mol. The highest BCUT2D eigenvalue weighted by Gasteiger charge is 2.21. The van der Waals surface area contributed by atoms with Gasteiger partial charge >= 0.3 is 0 Å². The van der Waals surface area contributed by atoms with Crippen LogP contribution in [0.4, 0.5) is 5.69 Å². The number of Topliss-reactive ketones (excluding diaryl/α,β-unsaturated/α-hetero) is 1. The van der Waals surface area contributed by atoms with Crippen LogP contribution < -0.4 is 5.32 Å². The molecule has 1 N–H and O–H groups in total. The van der Waals surface area contributed by atoms with E-state index < -0.39 is 0 Å². The molecule has 0 atom stereocenters. The zero-order valence-corrected chi connectivity index (χ0v) is 15.7. The quantitative estimate of drug-likeness (QED) is 0.458. The number of amides is 1. The number of rotatable bonds is 4. The Balaban J connectivity index is 1.61. The van der Waals surface area contributed by atoms with Crippen LogP contribution in [-0.4, -0.2) is 11.7 Å². The zero-order valence-electron chi connectivity index (χ0n) is 15.7. The molecule has 0 unspecified atom stereocenters. The van der Waals surface area contributed by atoms with Crippen LogP contribution >= 0.6 is 0 Å². The van der Waals surface area contributed by atoms with Crippen molar-refractivity contribution in [3.63, 3.8) is 0 Å². The van der Waals surface area contributed by atoms with E-state index >= 15 is 0 Å². The molecule has 28 heavy (non-hydrogen) atoms. The molecule has 0 aliphatic heterocycles. The Labute approximate surface area is 162 Å². The monoisotopic (exact) mass is 369 g/mol. The fourth-order valence-corrected chi connectivity index (χ4v) is 3.38. The number of carbonyl (C=O) groups excluding carboxylic acids is 2. The smallest absolute Gasteiger partial charge is 0.291 e. The fourth-order valence-electron chi connectivity index (χ4n) is 3.38. The van der Waals surface area contributed by atoms with Gasteiger partial charge in [-0.3, -0.25) is 9.59 Å². The zero-order chi connectivity index (χ0) is 19.7. The number of furan rings is 1. The minimum atomic E-state index is -0.337. The van der Waals surface area contributed by atoms with Crippen LogP contribution in [0.3, 0.4) is 0 Å². The molecule has 0 radical (unpaired) electrons. The Morgan fingerprint density at radius 1 is 0.821 bits per heavy atom. The van der Waals surface area contributed by atoms with Gasteiger partial charge in [0, 0.05) is 22.2 Å². The van der Waals surface area contributed by atoms with Crippen molar-refractivity contribution in [2.45, 2.75) is 13.8 Å². The van der Waals surface area contributed by atoms with E-state index in [0.29, 0.717) is 27.8 Å². The molecule has 138 valence electrons. The van der Waals surface area contributed by atoms with Crippen molar-refractivity contribution in [3.8, 4) is 11.1 Å². The minimum Gasteiger partial charge on any atom is -0.451 e. The van der Waals surface area contributed by atoms with Crippen LogP contribution in [0.2, 0.25) is 0 Å². The number of hydrogen-bond acceptors (Lipinski definition) is 3. The third kappa shape index (κ3) is 3.21. The van der Waals surface area contributed by atoms with E-state index in [1.165, 1.54) is 6.92 Å². The summed E-state index contributed by atoms with van der Waals surface area (Å²) in [5.74, 6) is -0.176. The molecule has 0 spiro atoms. The van der Waals surface area contributed by atoms with Gasteiger partial charge in [0.1, 0.15) is 5.58 Å². The summed E-state index contributed by atoms with van der Waals surface area (Å²) in [6.07, 6.45) is 0. The van der Waals surface area contributed by atoms with Gasteiger partial charge in [-0.1, -0.05) is 54.6 Å². The second kappa shape index (κ2) is 7.16. The van der Waals surface area contributed by atoms with Gasteiger partial charge in [0.15, 0.2) is 11.5 Å². The lowest BCUT2D eigenvalue weighted by Gasteiger charge is -2.06. The summed E-state index contributed by atoms with van der Waals surface area (Å²) in [6, 6.07) is 23.0. The molecule has 0 aliphatic carbocycles. The van der Waals surface area contributed by atoms with Gasteiger partial charge in [-0.25, -0.2) is 0 Å². The van der Waals surface area contributed by atoms with Gasteiger partial charge in [0.25, 0.3) is 5.91 Å². The maximum Gasteiger partial charge on any atom is 0.291 e. The number of hydrogen-bond donors (Lipinski definition) is 1. The number of carbonyl (C=O) groups is 2. The number of fused-ring (bicyclic) bond motifs is 1. The van der Waals surface area contributed by atoms with E-state index in [-0.39, 0.29) is 17.5 Å². The van der Waals surface area contributed by atoms with E-state index in [1.807, 2.05) is 54.6 Å². The van der Waals surface area contributed by atoms with Crippen molar-refractivity contribution < 1.29 is 14.0 Å². The van der Waals surface area contributed by atoms with Crippen molar-refractivity contribution in [1.29, 1.82) is 0 Å². The highest BCUT2D eigenvalue weighted by atomic mass is 16.3. The number of aryl methyl sites for hydroxylation is 1. The molecule has 0 bridgehead atoms. The highest BCUT2D eigenvalue weighted by molar-refractivity contribution is 6.12. The third-order valence-electron chi connectivity index (χ3n) is 4.79. The first-order valence-corrected chi connectivity index (χ1v) is 9.04. The standard InChI is InChI=1S/C24H19NO3/c1-15-22-20(16(2)26)9-6-10-21(22)28-23(15)24(27)25-19-13-11-18(12-14-19)17-7-4-3-5-8-17/h3-14H,1-2H3,(H,25,27). The highest BCUT2D eigenvalue weighted by Crippen LogP contribution is 2.29. The first kappa shape index (κ1) is 17.7. The average molecular weight is 369 g/mol. The predicted octanol–water partition coefficient (Wildman–Crippen LogP) is 5.86. The molecular weight excluding hydrogens is 350 g/mol. The van der Waals surface area contributed by atoms with Gasteiger partial charge in [0.2, 0.25) is 0 Å². The summed E-state index contributed by atoms with van der Waals surface area (Å²) in [4.78, 5) is 24.6. The van der Waals surface area contributed by atoms with Gasteiger partial charge in [-0.2, -0.15) is 0 Å². The largest absolute Gasteiger partial charge is 0.451 e. The topological polar surface area (TPSA) is 59.3 Å². The molecule has 0 fully saturated rings. The summed E-state index contributed by atoms with van der Waals surface area (Å²) < 4.78 is 5.75. The molecule has 4 heteroatoms. The second-order valence-corrected chi connectivity index (χ2v) is 6.69. The number of anilines is 1. The lowest BCUT2D eigenvalue weighted by atomic mass is 10.0. The summed E-state index contributed by atoms with van der Waals surface area (Å²) in [6.45, 7) is 3.31. The molecule has 0 saturated heterocycles. The maximum absolute atomic E-state index is 12.8. The first-order chi connectivity index (χ1) is 13.5. The molecule has 0 aliphatic rings. The average Bonchev–Trinajstić information content (AvgIpc) is 3.06. The van der Waals surface area contributed by atoms with Crippen LogP contribution in [0, 0.1) is 6.92 Å². The Morgan fingerprint density at radius 2 is 1.50 bits per heavy atom. The molecule has 1 amide bonds. The van der Waals surface area contributed by atoms with E-state index in [4.69, 9.17) is 4.42 Å². The Bertz CT molecular complexity index is 1170. The van der Waals surface area contributed by atoms with Gasteiger partial charge in [-0.15, -0.1) is 0 Å². The Hall–Kier alpha value is -3.66. The van der Waals surface area contributed by atoms with Crippen LogP contribution in [0.1, 0.15) is 33.4 Å². The molecular formula is C24H19NO3. The molecule has 0 saturated carbocycles. The van der Waals surface area contributed by atoms with Crippen molar-refractivity contribution >= 4 is 28.3 Å². The normalized spacial score (nSPS) is 10.8. The van der Waals surface area contributed by atoms with Crippen molar-refractivity contribution in [2.75, 3.05) is 5.32 Å². The lowest BCUT2D eigenvalue weighted by molar-refractivity contribution is 0.0994. The molecule has 4 aromatic rings. The molecule has 4 nitrogen and oxygen atoms in total. The number of nitrogens with one attached hydrogen (secondary N) is 1. The summed E-state index contributed by atoms with van der Waals surface area (Å²) in [5, 5.41) is 3.56. The molecule has 4 rings (SSSR count). The van der Waals surface area contributed by atoms with E-state index in [0.717, 1.165) is 11.1 Å². The number of benzene rings is 3. The molecule has 3 aromatic carbocycles. The van der Waals surface area contributed by atoms with E-state index in [1.54, 1.807) is 25.1 Å². The van der Waals surface area contributed by atoms with Crippen LogP contribution in [0.5, 0.6) is 0 Å². The number of ketones is 1. The van der Waals surface area contributed by atoms with Gasteiger partial charge in [0.05, 0.1) is 0 Å². The van der Waals surface area contributed by atoms with Crippen molar-refractivity contribution in [2.24, 2.45) is 0 Å². The van der Waals surface area contributed by atoms with Crippen molar-refractivity contribution in [3.05, 3.63) is 89.7 Å². The Morgan fingerprint density at radius 3 is 2.18 bits per heavy atom. The van der Waals surface area contributed by atoms with Gasteiger partial charge < -0.3 is 9.73 Å². The lowest BCUT2D eigenvalue weighted by Crippen LogP contribution is -2.12. The van der Waals surface area contributed by atoms with Crippen molar-refractivity contribution in [1.82, 2.24) is 0 Å². The third-order valence-corrected chi connectivity index (χ3v) is 4.79.